The van der Waals surface area contributed by atoms with Gasteiger partial charge < -0.3 is 14.6 Å². The minimum absolute atomic E-state index is 0.299. The Hall–Kier alpha value is -0.490. The van der Waals surface area contributed by atoms with E-state index in [1.54, 1.807) is 6.07 Å². The molecule has 1 aromatic carbocycles. The van der Waals surface area contributed by atoms with E-state index in [1.165, 1.54) is 12.1 Å². The molecule has 1 saturated heterocycles. The van der Waals surface area contributed by atoms with Gasteiger partial charge in [0.25, 0.3) is 0 Å². The lowest BCUT2D eigenvalue weighted by Gasteiger charge is -2.27. The second-order valence-corrected chi connectivity index (χ2v) is 4.85. The molecule has 1 fully saturated rings. The summed E-state index contributed by atoms with van der Waals surface area (Å²) >= 11 is 3.28. The van der Waals surface area contributed by atoms with Crippen molar-refractivity contribution in [1.82, 2.24) is 0 Å². The van der Waals surface area contributed by atoms with Crippen molar-refractivity contribution < 1.29 is 19.0 Å². The summed E-state index contributed by atoms with van der Waals surface area (Å²) in [6.45, 7) is 1.48. The summed E-state index contributed by atoms with van der Waals surface area (Å²) in [5, 5.41) is 10.0. The van der Waals surface area contributed by atoms with E-state index >= 15 is 0 Å². The Morgan fingerprint density at radius 3 is 2.94 bits per heavy atom. The number of aliphatic hydroxyl groups is 1. The number of hydrogen-bond donors (Lipinski definition) is 1. The Bertz CT molecular complexity index is 380. The van der Waals surface area contributed by atoms with E-state index in [1.807, 2.05) is 0 Å². The van der Waals surface area contributed by atoms with Gasteiger partial charge >= 0.3 is 0 Å². The average molecular weight is 305 g/mol. The molecular formula is C12H14BrFO3. The molecular weight excluding hydrogens is 291 g/mol. The fourth-order valence-electron chi connectivity index (χ4n) is 1.77. The Balaban J connectivity index is 1.99. The van der Waals surface area contributed by atoms with E-state index in [9.17, 15) is 9.50 Å². The van der Waals surface area contributed by atoms with Crippen molar-refractivity contribution in [3.8, 4) is 0 Å². The predicted molar refractivity (Wildman–Crippen MR) is 64.4 cm³/mol. The summed E-state index contributed by atoms with van der Waals surface area (Å²) in [7, 11) is 0. The maximum atomic E-state index is 12.9. The topological polar surface area (TPSA) is 38.7 Å². The first kappa shape index (κ1) is 13.0. The zero-order chi connectivity index (χ0) is 12.3. The van der Waals surface area contributed by atoms with Crippen LogP contribution in [0.1, 0.15) is 5.56 Å². The zero-order valence-electron chi connectivity index (χ0n) is 9.23. The molecule has 17 heavy (non-hydrogen) atoms. The highest BCUT2D eigenvalue weighted by Crippen LogP contribution is 2.21. The van der Waals surface area contributed by atoms with Crippen molar-refractivity contribution in [1.29, 1.82) is 0 Å². The molecule has 94 valence electrons. The molecule has 5 heteroatoms. The molecule has 2 atom stereocenters. The van der Waals surface area contributed by atoms with Gasteiger partial charge in [0.1, 0.15) is 11.9 Å². The number of rotatable bonds is 3. The smallest absolute Gasteiger partial charge is 0.124 e. The van der Waals surface area contributed by atoms with Gasteiger partial charge in [-0.2, -0.15) is 0 Å². The van der Waals surface area contributed by atoms with Crippen LogP contribution in [0.5, 0.6) is 0 Å². The minimum atomic E-state index is -0.642. The van der Waals surface area contributed by atoms with Crippen LogP contribution in [0.15, 0.2) is 22.7 Å². The van der Waals surface area contributed by atoms with Crippen LogP contribution in [0.4, 0.5) is 4.39 Å². The largest absolute Gasteiger partial charge is 0.390 e. The fourth-order valence-corrected chi connectivity index (χ4v) is 2.28. The van der Waals surface area contributed by atoms with Crippen LogP contribution < -0.4 is 0 Å². The summed E-state index contributed by atoms with van der Waals surface area (Å²) in [5.74, 6) is -0.299. The Morgan fingerprint density at radius 1 is 1.47 bits per heavy atom. The third kappa shape index (κ3) is 3.48. The van der Waals surface area contributed by atoms with Gasteiger partial charge in [-0.15, -0.1) is 0 Å². The molecule has 1 aliphatic rings. The average Bonchev–Trinajstić information content (AvgIpc) is 2.34. The van der Waals surface area contributed by atoms with E-state index in [2.05, 4.69) is 15.9 Å². The van der Waals surface area contributed by atoms with Crippen molar-refractivity contribution in [2.75, 3.05) is 19.8 Å². The van der Waals surface area contributed by atoms with E-state index in [0.717, 1.165) is 5.56 Å². The molecule has 0 spiro atoms. The van der Waals surface area contributed by atoms with E-state index in [-0.39, 0.29) is 11.9 Å². The highest BCUT2D eigenvalue weighted by atomic mass is 79.9. The molecule has 1 aliphatic heterocycles. The Labute approximate surface area is 108 Å². The van der Waals surface area contributed by atoms with Gasteiger partial charge in [0.2, 0.25) is 0 Å². The fraction of sp³-hybridized carbons (Fsp3) is 0.500. The first-order valence-electron chi connectivity index (χ1n) is 5.48. The quantitative estimate of drug-likeness (QED) is 0.927. The lowest BCUT2D eigenvalue weighted by Crippen LogP contribution is -2.39. The van der Waals surface area contributed by atoms with Gasteiger partial charge in [-0.1, -0.05) is 22.0 Å². The summed E-state index contributed by atoms with van der Waals surface area (Å²) in [4.78, 5) is 0. The SMILES string of the molecule is OC(Cc1ccc(F)cc1Br)C1COCCO1. The molecule has 2 unspecified atom stereocenters. The molecule has 1 heterocycles. The van der Waals surface area contributed by atoms with Gasteiger partial charge in [-0.3, -0.25) is 0 Å². The summed E-state index contributed by atoms with van der Waals surface area (Å²) in [6.07, 6.45) is -0.535. The number of halogens is 2. The van der Waals surface area contributed by atoms with E-state index in [0.29, 0.717) is 30.7 Å². The van der Waals surface area contributed by atoms with E-state index in [4.69, 9.17) is 9.47 Å². The lowest BCUT2D eigenvalue weighted by atomic mass is 10.0. The van der Waals surface area contributed by atoms with Crippen LogP contribution in [-0.2, 0) is 15.9 Å². The standard InChI is InChI=1S/C12H14BrFO3/c13-10-6-9(14)2-1-8(10)5-11(15)12-7-16-3-4-17-12/h1-2,6,11-12,15H,3-5,7H2. The van der Waals surface area contributed by atoms with Crippen LogP contribution in [-0.4, -0.2) is 37.1 Å². The summed E-state index contributed by atoms with van der Waals surface area (Å²) in [5.41, 5.74) is 0.855. The maximum absolute atomic E-state index is 12.9. The van der Waals surface area contributed by atoms with Gasteiger partial charge in [0.05, 0.1) is 25.9 Å². The van der Waals surface area contributed by atoms with Crippen LogP contribution in [0.25, 0.3) is 0 Å². The summed E-state index contributed by atoms with van der Waals surface area (Å²) < 4.78 is 24.2. The monoisotopic (exact) mass is 304 g/mol. The molecule has 0 amide bonds. The predicted octanol–water partition coefficient (Wildman–Crippen LogP) is 1.91. The van der Waals surface area contributed by atoms with E-state index < -0.39 is 6.10 Å². The molecule has 1 N–H and O–H groups in total. The second-order valence-electron chi connectivity index (χ2n) is 3.99. The first-order valence-corrected chi connectivity index (χ1v) is 6.27. The lowest BCUT2D eigenvalue weighted by molar-refractivity contribution is -0.131. The van der Waals surface area contributed by atoms with Gasteiger partial charge in [0, 0.05) is 10.9 Å². The molecule has 0 bridgehead atoms. The number of hydrogen-bond acceptors (Lipinski definition) is 3. The van der Waals surface area contributed by atoms with Crippen LogP contribution >= 0.6 is 15.9 Å². The van der Waals surface area contributed by atoms with Crippen molar-refractivity contribution in [2.24, 2.45) is 0 Å². The summed E-state index contributed by atoms with van der Waals surface area (Å²) in [6, 6.07) is 4.43. The highest BCUT2D eigenvalue weighted by Gasteiger charge is 2.23. The molecule has 0 aliphatic carbocycles. The van der Waals surface area contributed by atoms with Crippen LogP contribution in [0, 0.1) is 5.82 Å². The van der Waals surface area contributed by atoms with Gasteiger partial charge in [0.15, 0.2) is 0 Å². The molecule has 0 aromatic heterocycles. The number of aliphatic hydroxyl groups excluding tert-OH is 1. The van der Waals surface area contributed by atoms with Crippen molar-refractivity contribution in [3.05, 3.63) is 34.1 Å². The van der Waals surface area contributed by atoms with Crippen molar-refractivity contribution in [3.63, 3.8) is 0 Å². The number of benzene rings is 1. The normalized spacial score (nSPS) is 22.4. The van der Waals surface area contributed by atoms with Gasteiger partial charge in [-0.05, 0) is 17.7 Å². The third-order valence-corrected chi connectivity index (χ3v) is 3.45. The molecule has 3 nitrogen and oxygen atoms in total. The molecule has 1 aromatic rings. The highest BCUT2D eigenvalue weighted by molar-refractivity contribution is 9.10. The van der Waals surface area contributed by atoms with Crippen LogP contribution in [0.2, 0.25) is 0 Å². The Morgan fingerprint density at radius 2 is 2.29 bits per heavy atom. The van der Waals surface area contributed by atoms with Crippen LogP contribution in [0.3, 0.4) is 0 Å². The minimum Gasteiger partial charge on any atom is -0.390 e. The van der Waals surface area contributed by atoms with Gasteiger partial charge in [-0.25, -0.2) is 4.39 Å². The Kier molecular flexibility index (Phi) is 4.50. The number of ether oxygens (including phenoxy) is 2. The zero-order valence-corrected chi connectivity index (χ0v) is 10.8. The third-order valence-electron chi connectivity index (χ3n) is 2.72. The first-order chi connectivity index (χ1) is 8.16. The maximum Gasteiger partial charge on any atom is 0.124 e. The second kappa shape index (κ2) is 5.91. The molecule has 2 rings (SSSR count). The molecule has 0 saturated carbocycles. The molecule has 0 radical (unpaired) electrons. The van der Waals surface area contributed by atoms with Crippen molar-refractivity contribution in [2.45, 2.75) is 18.6 Å². The van der Waals surface area contributed by atoms with Crippen molar-refractivity contribution >= 4 is 15.9 Å².